The molecule has 1 aliphatic rings. The Morgan fingerprint density at radius 3 is 2.77 bits per heavy atom. The van der Waals surface area contributed by atoms with Gasteiger partial charge in [0.1, 0.15) is 12.7 Å². The maximum atomic E-state index is 10.5. The molecule has 0 radical (unpaired) electrons. The summed E-state index contributed by atoms with van der Waals surface area (Å²) >= 11 is 0. The van der Waals surface area contributed by atoms with Crippen LogP contribution in [0.2, 0.25) is 0 Å². The third-order valence-electron chi connectivity index (χ3n) is 1.39. The van der Waals surface area contributed by atoms with Gasteiger partial charge in [-0.25, -0.2) is 4.79 Å². The second-order valence-corrected chi connectivity index (χ2v) is 4.26. The molecule has 1 aliphatic heterocycles. The Hall–Kier alpha value is -0.820. The Morgan fingerprint density at radius 2 is 2.31 bits per heavy atom. The topological polar surface area (TPSA) is 78.9 Å². The minimum atomic E-state index is -3.41. The molecule has 1 heterocycles. The molecule has 0 amide bonds. The zero-order valence-corrected chi connectivity index (χ0v) is 7.87. The van der Waals surface area contributed by atoms with E-state index in [1.54, 1.807) is 0 Å². The molecule has 13 heavy (non-hydrogen) atoms. The van der Waals surface area contributed by atoms with Gasteiger partial charge >= 0.3 is 6.16 Å². The molecular weight excluding hydrogens is 200 g/mol. The molecule has 0 saturated carbocycles. The van der Waals surface area contributed by atoms with Crippen molar-refractivity contribution in [3.8, 4) is 0 Å². The number of hydrogen-bond acceptors (Lipinski definition) is 6. The van der Waals surface area contributed by atoms with E-state index in [0.717, 1.165) is 6.26 Å². The van der Waals surface area contributed by atoms with Gasteiger partial charge in [-0.05, 0) is 0 Å². The van der Waals surface area contributed by atoms with Gasteiger partial charge in [0.2, 0.25) is 0 Å². The van der Waals surface area contributed by atoms with E-state index in [0.29, 0.717) is 6.42 Å². The lowest BCUT2D eigenvalue weighted by molar-refractivity contribution is 0.111. The van der Waals surface area contributed by atoms with Gasteiger partial charge in [-0.3, -0.25) is 4.18 Å². The highest BCUT2D eigenvalue weighted by Crippen LogP contribution is 2.09. The molecule has 1 fully saturated rings. The van der Waals surface area contributed by atoms with Crippen molar-refractivity contribution in [2.45, 2.75) is 12.5 Å². The Bertz CT molecular complexity index is 281. The maximum Gasteiger partial charge on any atom is 0.508 e. The lowest BCUT2D eigenvalue weighted by atomic mass is 10.3. The summed E-state index contributed by atoms with van der Waals surface area (Å²) < 4.78 is 34.6. The summed E-state index contributed by atoms with van der Waals surface area (Å²) in [7, 11) is -3.41. The average molecular weight is 210 g/mol. The van der Waals surface area contributed by atoms with Gasteiger partial charge in [-0.15, -0.1) is 0 Å². The number of cyclic esters (lactones) is 2. The van der Waals surface area contributed by atoms with Crippen LogP contribution in [0.1, 0.15) is 6.42 Å². The SMILES string of the molecule is CS(=O)(=O)OCCC1COC(=O)O1. The lowest BCUT2D eigenvalue weighted by Gasteiger charge is -2.04. The molecule has 1 saturated heterocycles. The van der Waals surface area contributed by atoms with Crippen LogP contribution in [0.25, 0.3) is 0 Å². The summed E-state index contributed by atoms with van der Waals surface area (Å²) in [5.74, 6) is 0. The number of ether oxygens (including phenoxy) is 2. The smallest absolute Gasteiger partial charge is 0.430 e. The summed E-state index contributed by atoms with van der Waals surface area (Å²) in [6, 6.07) is 0. The van der Waals surface area contributed by atoms with E-state index < -0.39 is 22.4 Å². The van der Waals surface area contributed by atoms with Crippen molar-refractivity contribution in [1.82, 2.24) is 0 Å². The van der Waals surface area contributed by atoms with Crippen LogP contribution in [0.3, 0.4) is 0 Å². The van der Waals surface area contributed by atoms with Gasteiger partial charge in [0, 0.05) is 6.42 Å². The molecule has 0 aromatic carbocycles. The second kappa shape index (κ2) is 3.93. The first-order valence-corrected chi connectivity index (χ1v) is 5.47. The number of hydrogen-bond donors (Lipinski definition) is 0. The van der Waals surface area contributed by atoms with Crippen LogP contribution >= 0.6 is 0 Å². The second-order valence-electron chi connectivity index (χ2n) is 2.62. The summed E-state index contributed by atoms with van der Waals surface area (Å²) in [5, 5.41) is 0. The summed E-state index contributed by atoms with van der Waals surface area (Å²) in [5.41, 5.74) is 0. The van der Waals surface area contributed by atoms with Gasteiger partial charge in [-0.1, -0.05) is 0 Å². The third-order valence-corrected chi connectivity index (χ3v) is 1.98. The van der Waals surface area contributed by atoms with Crippen LogP contribution in [0.5, 0.6) is 0 Å². The molecule has 7 heteroatoms. The number of carbonyl (C=O) groups excluding carboxylic acids is 1. The first kappa shape index (κ1) is 10.3. The molecule has 0 aliphatic carbocycles. The van der Waals surface area contributed by atoms with Gasteiger partial charge in [-0.2, -0.15) is 8.42 Å². The van der Waals surface area contributed by atoms with E-state index in [9.17, 15) is 13.2 Å². The molecular formula is C6H10O6S. The summed E-state index contributed by atoms with van der Waals surface area (Å²) in [6.07, 6.45) is 0.168. The van der Waals surface area contributed by atoms with Crippen LogP contribution in [0.4, 0.5) is 4.79 Å². The van der Waals surface area contributed by atoms with Crippen LogP contribution in [0, 0.1) is 0 Å². The van der Waals surface area contributed by atoms with Crippen molar-refractivity contribution < 1.29 is 26.9 Å². The van der Waals surface area contributed by atoms with Gasteiger partial charge < -0.3 is 9.47 Å². The van der Waals surface area contributed by atoms with Crippen molar-refractivity contribution in [3.63, 3.8) is 0 Å². The molecule has 1 rings (SSSR count). The molecule has 0 N–H and O–H groups in total. The van der Waals surface area contributed by atoms with Gasteiger partial charge in [0.25, 0.3) is 10.1 Å². The molecule has 1 unspecified atom stereocenters. The lowest BCUT2D eigenvalue weighted by Crippen LogP contribution is -2.15. The fraction of sp³-hybridized carbons (Fsp3) is 0.833. The Balaban J connectivity index is 2.17. The van der Waals surface area contributed by atoms with E-state index >= 15 is 0 Å². The molecule has 0 aromatic rings. The molecule has 1 atom stereocenters. The fourth-order valence-electron chi connectivity index (χ4n) is 0.838. The quantitative estimate of drug-likeness (QED) is 0.475. The number of carbonyl (C=O) groups is 1. The standard InChI is InChI=1S/C6H10O6S/c1-13(8,9)11-3-2-5-4-10-6(7)12-5/h5H,2-4H2,1H3. The van der Waals surface area contributed by atoms with E-state index in [1.807, 2.05) is 0 Å². The minimum absolute atomic E-state index is 0.000139. The molecule has 0 aromatic heterocycles. The highest BCUT2D eigenvalue weighted by atomic mass is 32.2. The summed E-state index contributed by atoms with van der Waals surface area (Å²) in [6.45, 7) is 0.159. The molecule has 0 bridgehead atoms. The normalized spacial score (nSPS) is 22.5. The average Bonchev–Trinajstić information content (AvgIpc) is 2.33. The van der Waals surface area contributed by atoms with Gasteiger partial charge in [0.05, 0.1) is 12.9 Å². The zero-order chi connectivity index (χ0) is 9.90. The van der Waals surface area contributed by atoms with Crippen molar-refractivity contribution in [2.24, 2.45) is 0 Å². The predicted molar refractivity (Wildman–Crippen MR) is 41.6 cm³/mol. The Labute approximate surface area is 75.9 Å². The van der Waals surface area contributed by atoms with E-state index in [4.69, 9.17) is 0 Å². The van der Waals surface area contributed by atoms with Crippen molar-refractivity contribution in [3.05, 3.63) is 0 Å². The molecule has 0 spiro atoms. The fourth-order valence-corrected chi connectivity index (χ4v) is 1.24. The highest BCUT2D eigenvalue weighted by Gasteiger charge is 2.24. The maximum absolute atomic E-state index is 10.5. The highest BCUT2D eigenvalue weighted by molar-refractivity contribution is 7.85. The van der Waals surface area contributed by atoms with Gasteiger partial charge in [0.15, 0.2) is 0 Å². The van der Waals surface area contributed by atoms with Crippen molar-refractivity contribution in [1.29, 1.82) is 0 Å². The Kier molecular flexibility index (Phi) is 3.10. The molecule has 76 valence electrons. The van der Waals surface area contributed by atoms with Crippen LogP contribution in [0.15, 0.2) is 0 Å². The van der Waals surface area contributed by atoms with E-state index in [1.165, 1.54) is 0 Å². The van der Waals surface area contributed by atoms with Crippen LogP contribution in [-0.2, 0) is 23.8 Å². The first-order chi connectivity index (χ1) is 5.97. The zero-order valence-electron chi connectivity index (χ0n) is 7.06. The van der Waals surface area contributed by atoms with Crippen LogP contribution < -0.4 is 0 Å². The number of rotatable bonds is 4. The summed E-state index contributed by atoms with van der Waals surface area (Å²) in [4.78, 5) is 10.4. The third kappa shape index (κ3) is 4.09. The minimum Gasteiger partial charge on any atom is -0.430 e. The van der Waals surface area contributed by atoms with Crippen LogP contribution in [-0.4, -0.2) is 40.1 Å². The molecule has 6 nitrogen and oxygen atoms in total. The van der Waals surface area contributed by atoms with Crippen molar-refractivity contribution in [2.75, 3.05) is 19.5 Å². The monoisotopic (exact) mass is 210 g/mol. The largest absolute Gasteiger partial charge is 0.508 e. The van der Waals surface area contributed by atoms with E-state index in [-0.39, 0.29) is 13.2 Å². The predicted octanol–water partition coefficient (Wildman–Crippen LogP) is -0.112. The van der Waals surface area contributed by atoms with E-state index in [2.05, 4.69) is 13.7 Å². The first-order valence-electron chi connectivity index (χ1n) is 3.65. The Morgan fingerprint density at radius 1 is 1.62 bits per heavy atom. The van der Waals surface area contributed by atoms with Crippen molar-refractivity contribution >= 4 is 16.3 Å².